The summed E-state index contributed by atoms with van der Waals surface area (Å²) in [5.41, 5.74) is 1.38. The first-order valence-corrected chi connectivity index (χ1v) is 6.71. The maximum absolute atomic E-state index is 12.7. The van der Waals surface area contributed by atoms with E-state index in [1.807, 2.05) is 0 Å². The lowest BCUT2D eigenvalue weighted by Gasteiger charge is -2.06. The van der Waals surface area contributed by atoms with Gasteiger partial charge in [-0.15, -0.1) is 0 Å². The molecule has 98 valence electrons. The zero-order valence-corrected chi connectivity index (χ0v) is 12.1. The average molecular weight is 343 g/mol. The van der Waals surface area contributed by atoms with Gasteiger partial charge in [0.1, 0.15) is 5.82 Å². The van der Waals surface area contributed by atoms with Gasteiger partial charge in [0.15, 0.2) is 0 Å². The molecule has 5 heteroatoms. The summed E-state index contributed by atoms with van der Waals surface area (Å²) in [7, 11) is 0. The van der Waals surface area contributed by atoms with Crippen molar-refractivity contribution in [1.29, 1.82) is 0 Å². The summed E-state index contributed by atoms with van der Waals surface area (Å²) < 4.78 is 13.5. The van der Waals surface area contributed by atoms with Gasteiger partial charge in [-0.3, -0.25) is 4.79 Å². The molecule has 1 amide bonds. The van der Waals surface area contributed by atoms with Crippen LogP contribution in [-0.4, -0.2) is 5.91 Å². The van der Waals surface area contributed by atoms with E-state index in [1.165, 1.54) is 12.1 Å². The molecule has 0 aliphatic rings. The smallest absolute Gasteiger partial charge is 0.228 e. The highest BCUT2D eigenvalue weighted by Crippen LogP contribution is 2.25. The minimum Gasteiger partial charge on any atom is -0.326 e. The van der Waals surface area contributed by atoms with Gasteiger partial charge in [-0.25, -0.2) is 4.39 Å². The third-order valence-electron chi connectivity index (χ3n) is 2.48. The minimum absolute atomic E-state index is 0.176. The number of hydrogen-bond acceptors (Lipinski definition) is 1. The average Bonchev–Trinajstić information content (AvgIpc) is 2.37. The highest BCUT2D eigenvalue weighted by atomic mass is 79.9. The van der Waals surface area contributed by atoms with Gasteiger partial charge in [-0.2, -0.15) is 0 Å². The Bertz CT molecular complexity index is 601. The molecule has 1 N–H and O–H groups in total. The Morgan fingerprint density at radius 1 is 1.21 bits per heavy atom. The number of nitrogens with one attached hydrogen (secondary N) is 1. The summed E-state index contributed by atoms with van der Waals surface area (Å²) >= 11 is 9.21. The SMILES string of the molecule is O=C(Cc1ccc(F)cc1)Nc1ccc(Br)c(Cl)c1. The van der Waals surface area contributed by atoms with E-state index in [4.69, 9.17) is 11.6 Å². The molecule has 2 rings (SSSR count). The normalized spacial score (nSPS) is 10.3. The monoisotopic (exact) mass is 341 g/mol. The largest absolute Gasteiger partial charge is 0.326 e. The van der Waals surface area contributed by atoms with Crippen molar-refractivity contribution in [1.82, 2.24) is 0 Å². The quantitative estimate of drug-likeness (QED) is 0.879. The molecule has 2 aromatic rings. The first-order valence-electron chi connectivity index (χ1n) is 5.54. The van der Waals surface area contributed by atoms with Crippen LogP contribution in [0.5, 0.6) is 0 Å². The molecule has 0 unspecified atom stereocenters. The van der Waals surface area contributed by atoms with Crippen molar-refractivity contribution in [3.05, 3.63) is 63.3 Å². The van der Waals surface area contributed by atoms with Crippen LogP contribution < -0.4 is 5.32 Å². The third kappa shape index (κ3) is 4.04. The van der Waals surface area contributed by atoms with Gasteiger partial charge in [0.2, 0.25) is 5.91 Å². The van der Waals surface area contributed by atoms with Crippen LogP contribution in [0.15, 0.2) is 46.9 Å². The van der Waals surface area contributed by atoms with Gasteiger partial charge >= 0.3 is 0 Å². The molecule has 0 fully saturated rings. The van der Waals surface area contributed by atoms with E-state index in [1.54, 1.807) is 30.3 Å². The summed E-state index contributed by atoms with van der Waals surface area (Å²) in [6.07, 6.45) is 0.188. The Labute approximate surface area is 123 Å². The zero-order chi connectivity index (χ0) is 13.8. The standard InChI is InChI=1S/C14H10BrClFNO/c15-12-6-5-11(8-13(12)16)18-14(19)7-9-1-3-10(17)4-2-9/h1-6,8H,7H2,(H,18,19). The highest BCUT2D eigenvalue weighted by Gasteiger charge is 2.06. The minimum atomic E-state index is -0.316. The van der Waals surface area contributed by atoms with E-state index in [0.29, 0.717) is 10.7 Å². The number of amides is 1. The van der Waals surface area contributed by atoms with Crippen LogP contribution in [0.1, 0.15) is 5.56 Å². The van der Waals surface area contributed by atoms with Crippen molar-refractivity contribution < 1.29 is 9.18 Å². The van der Waals surface area contributed by atoms with Crippen molar-refractivity contribution in [2.24, 2.45) is 0 Å². The lowest BCUT2D eigenvalue weighted by atomic mass is 10.1. The van der Waals surface area contributed by atoms with Crippen LogP contribution in [0.25, 0.3) is 0 Å². The molecular weight excluding hydrogens is 333 g/mol. The molecule has 0 radical (unpaired) electrons. The molecule has 2 aromatic carbocycles. The van der Waals surface area contributed by atoms with Gasteiger partial charge in [0.25, 0.3) is 0 Å². The van der Waals surface area contributed by atoms with E-state index in [-0.39, 0.29) is 18.1 Å². The molecule has 0 aliphatic carbocycles. The van der Waals surface area contributed by atoms with Gasteiger partial charge in [-0.05, 0) is 51.8 Å². The summed E-state index contributed by atoms with van der Waals surface area (Å²) in [6, 6.07) is 11.0. The van der Waals surface area contributed by atoms with E-state index in [9.17, 15) is 9.18 Å². The molecule has 0 aromatic heterocycles. The van der Waals surface area contributed by atoms with Crippen LogP contribution in [0, 0.1) is 5.82 Å². The molecule has 0 bridgehead atoms. The fourth-order valence-electron chi connectivity index (χ4n) is 1.57. The number of halogens is 3. The molecule has 2 nitrogen and oxygen atoms in total. The Kier molecular flexibility index (Phi) is 4.56. The molecule has 0 aliphatic heterocycles. The summed E-state index contributed by atoms with van der Waals surface area (Å²) in [5, 5.41) is 3.26. The zero-order valence-electron chi connectivity index (χ0n) is 9.79. The van der Waals surface area contributed by atoms with E-state index in [2.05, 4.69) is 21.2 Å². The van der Waals surface area contributed by atoms with E-state index in [0.717, 1.165) is 10.0 Å². The molecule has 0 saturated heterocycles. The summed E-state index contributed by atoms with van der Waals surface area (Å²) in [5.74, 6) is -0.492. The first kappa shape index (κ1) is 14.0. The van der Waals surface area contributed by atoms with Gasteiger partial charge in [0, 0.05) is 10.2 Å². The van der Waals surface area contributed by atoms with Crippen LogP contribution in [-0.2, 0) is 11.2 Å². The molecule has 0 heterocycles. The summed E-state index contributed by atoms with van der Waals surface area (Å²) in [4.78, 5) is 11.8. The lowest BCUT2D eigenvalue weighted by Crippen LogP contribution is -2.14. The van der Waals surface area contributed by atoms with Crippen LogP contribution in [0.2, 0.25) is 5.02 Å². The van der Waals surface area contributed by atoms with E-state index >= 15 is 0 Å². The molecule has 19 heavy (non-hydrogen) atoms. The van der Waals surface area contributed by atoms with Gasteiger partial charge in [0.05, 0.1) is 11.4 Å². The Morgan fingerprint density at radius 2 is 1.89 bits per heavy atom. The Balaban J connectivity index is 2.01. The Morgan fingerprint density at radius 3 is 2.53 bits per heavy atom. The highest BCUT2D eigenvalue weighted by molar-refractivity contribution is 9.10. The van der Waals surface area contributed by atoms with Crippen LogP contribution in [0.4, 0.5) is 10.1 Å². The van der Waals surface area contributed by atoms with Gasteiger partial charge < -0.3 is 5.32 Å². The maximum Gasteiger partial charge on any atom is 0.228 e. The van der Waals surface area contributed by atoms with Gasteiger partial charge in [-0.1, -0.05) is 23.7 Å². The number of benzene rings is 2. The predicted octanol–water partition coefficient (Wildman–Crippen LogP) is 4.42. The topological polar surface area (TPSA) is 29.1 Å². The van der Waals surface area contributed by atoms with Crippen molar-refractivity contribution in [3.8, 4) is 0 Å². The molecule has 0 atom stereocenters. The molecular formula is C14H10BrClFNO. The number of carbonyl (C=O) groups is 1. The predicted molar refractivity (Wildman–Crippen MR) is 77.9 cm³/mol. The second-order valence-electron chi connectivity index (χ2n) is 3.98. The second kappa shape index (κ2) is 6.17. The maximum atomic E-state index is 12.7. The molecule has 0 saturated carbocycles. The molecule has 0 spiro atoms. The number of anilines is 1. The number of rotatable bonds is 3. The second-order valence-corrected chi connectivity index (χ2v) is 5.24. The fourth-order valence-corrected chi connectivity index (χ4v) is 1.99. The van der Waals surface area contributed by atoms with Crippen molar-refractivity contribution in [2.45, 2.75) is 6.42 Å². The fraction of sp³-hybridized carbons (Fsp3) is 0.0714. The summed E-state index contributed by atoms with van der Waals surface area (Å²) in [6.45, 7) is 0. The van der Waals surface area contributed by atoms with E-state index < -0.39 is 0 Å². The van der Waals surface area contributed by atoms with Crippen LogP contribution in [0.3, 0.4) is 0 Å². The lowest BCUT2D eigenvalue weighted by molar-refractivity contribution is -0.115. The van der Waals surface area contributed by atoms with Crippen LogP contribution >= 0.6 is 27.5 Å². The first-order chi connectivity index (χ1) is 9.04. The Hall–Kier alpha value is -1.39. The number of hydrogen-bond donors (Lipinski definition) is 1. The number of carbonyl (C=O) groups excluding carboxylic acids is 1. The van der Waals surface area contributed by atoms with Crippen molar-refractivity contribution >= 4 is 39.1 Å². The third-order valence-corrected chi connectivity index (χ3v) is 3.71. The van der Waals surface area contributed by atoms with Crippen molar-refractivity contribution in [2.75, 3.05) is 5.32 Å². The van der Waals surface area contributed by atoms with Crippen molar-refractivity contribution in [3.63, 3.8) is 0 Å².